The molecule has 0 amide bonds. The Morgan fingerprint density at radius 1 is 1.15 bits per heavy atom. The first kappa shape index (κ1) is 11.8. The lowest BCUT2D eigenvalue weighted by Gasteiger charge is -2.32. The fourth-order valence-electron chi connectivity index (χ4n) is 2.72. The molecule has 0 saturated heterocycles. The van der Waals surface area contributed by atoms with Crippen LogP contribution in [0.1, 0.15) is 12.8 Å². The highest BCUT2D eigenvalue weighted by Gasteiger charge is 2.27. The largest absolute Gasteiger partial charge is 0.486 e. The van der Waals surface area contributed by atoms with Crippen molar-refractivity contribution in [3.05, 3.63) is 24.4 Å². The first-order chi connectivity index (χ1) is 9.79. The molecule has 104 valence electrons. The highest BCUT2D eigenvalue weighted by Crippen LogP contribution is 2.37. The van der Waals surface area contributed by atoms with Gasteiger partial charge in [-0.2, -0.15) is 0 Å². The van der Waals surface area contributed by atoms with Gasteiger partial charge >= 0.3 is 0 Å². The van der Waals surface area contributed by atoms with E-state index in [4.69, 9.17) is 9.47 Å². The molecule has 20 heavy (non-hydrogen) atoms. The fourth-order valence-corrected chi connectivity index (χ4v) is 2.72. The van der Waals surface area contributed by atoms with Gasteiger partial charge in [0.2, 0.25) is 0 Å². The monoisotopic (exact) mass is 272 g/mol. The first-order valence-corrected chi connectivity index (χ1v) is 6.92. The number of nitrogens with one attached hydrogen (secondary N) is 1. The first-order valence-electron chi connectivity index (χ1n) is 6.92. The smallest absolute Gasteiger partial charge is 0.162 e. The Bertz CT molecular complexity index is 653. The number of nitrogens with zero attached hydrogens (tertiary/aromatic N) is 1. The minimum Gasteiger partial charge on any atom is -0.486 e. The summed E-state index contributed by atoms with van der Waals surface area (Å²) in [4.78, 5) is 4.41. The second kappa shape index (κ2) is 4.52. The molecular formula is C15H16N2O3. The highest BCUT2D eigenvalue weighted by atomic mass is 16.6. The molecule has 0 unspecified atom stereocenters. The van der Waals surface area contributed by atoms with Gasteiger partial charge in [0.05, 0.1) is 6.10 Å². The van der Waals surface area contributed by atoms with Gasteiger partial charge in [0.1, 0.15) is 19.0 Å². The van der Waals surface area contributed by atoms with E-state index in [1.807, 2.05) is 18.2 Å². The van der Waals surface area contributed by atoms with Crippen molar-refractivity contribution in [2.75, 3.05) is 18.5 Å². The van der Waals surface area contributed by atoms with E-state index in [1.165, 1.54) is 0 Å². The number of hydrogen-bond acceptors (Lipinski definition) is 5. The third-order valence-corrected chi connectivity index (χ3v) is 3.88. The Morgan fingerprint density at radius 3 is 2.65 bits per heavy atom. The number of hydrogen-bond donors (Lipinski definition) is 2. The molecule has 0 bridgehead atoms. The van der Waals surface area contributed by atoms with Crippen LogP contribution in [0.4, 0.5) is 5.82 Å². The summed E-state index contributed by atoms with van der Waals surface area (Å²) in [7, 11) is 0. The maximum atomic E-state index is 9.37. The summed E-state index contributed by atoms with van der Waals surface area (Å²) >= 11 is 0. The van der Waals surface area contributed by atoms with Crippen molar-refractivity contribution in [2.24, 2.45) is 0 Å². The zero-order valence-electron chi connectivity index (χ0n) is 11.0. The van der Waals surface area contributed by atoms with Gasteiger partial charge in [-0.25, -0.2) is 4.98 Å². The van der Waals surface area contributed by atoms with Gasteiger partial charge in [0, 0.05) is 17.6 Å². The predicted molar refractivity (Wildman–Crippen MR) is 75.4 cm³/mol. The van der Waals surface area contributed by atoms with Gasteiger partial charge in [-0.3, -0.25) is 0 Å². The van der Waals surface area contributed by atoms with Gasteiger partial charge in [-0.05, 0) is 36.4 Å². The van der Waals surface area contributed by atoms with E-state index in [1.54, 1.807) is 6.20 Å². The molecule has 0 radical (unpaired) electrons. The molecule has 0 spiro atoms. The summed E-state index contributed by atoms with van der Waals surface area (Å²) in [5.74, 6) is 2.41. The molecule has 2 aromatic rings. The van der Waals surface area contributed by atoms with Crippen molar-refractivity contribution >= 4 is 16.6 Å². The summed E-state index contributed by atoms with van der Waals surface area (Å²) < 4.78 is 11.2. The van der Waals surface area contributed by atoms with E-state index in [2.05, 4.69) is 10.3 Å². The van der Waals surface area contributed by atoms with E-state index in [0.29, 0.717) is 19.3 Å². The van der Waals surface area contributed by atoms with Gasteiger partial charge in [0.25, 0.3) is 0 Å². The average Bonchev–Trinajstić information content (AvgIpc) is 2.44. The zero-order chi connectivity index (χ0) is 13.5. The Morgan fingerprint density at radius 2 is 1.90 bits per heavy atom. The molecule has 5 heteroatoms. The summed E-state index contributed by atoms with van der Waals surface area (Å²) in [6, 6.07) is 6.24. The Kier molecular flexibility index (Phi) is 2.67. The van der Waals surface area contributed by atoms with Gasteiger partial charge in [0.15, 0.2) is 11.5 Å². The number of benzene rings is 1. The number of anilines is 1. The van der Waals surface area contributed by atoms with E-state index in [-0.39, 0.29) is 6.10 Å². The molecule has 1 aromatic heterocycles. The molecule has 1 fully saturated rings. The topological polar surface area (TPSA) is 63.6 Å². The predicted octanol–water partition coefficient (Wildman–Crippen LogP) is 1.94. The van der Waals surface area contributed by atoms with Crippen LogP contribution < -0.4 is 14.8 Å². The zero-order valence-corrected chi connectivity index (χ0v) is 11.0. The summed E-state index contributed by atoms with van der Waals surface area (Å²) in [5.41, 5.74) is 0. The normalized spacial score (nSPS) is 24.2. The average molecular weight is 272 g/mol. The Hall–Kier alpha value is -2.01. The quantitative estimate of drug-likeness (QED) is 0.874. The molecule has 2 heterocycles. The molecule has 1 aromatic carbocycles. The van der Waals surface area contributed by atoms with Crippen molar-refractivity contribution in [3.63, 3.8) is 0 Å². The van der Waals surface area contributed by atoms with Crippen molar-refractivity contribution in [3.8, 4) is 11.5 Å². The third-order valence-electron chi connectivity index (χ3n) is 3.88. The van der Waals surface area contributed by atoms with Gasteiger partial charge in [-0.15, -0.1) is 0 Å². The molecule has 1 aliphatic carbocycles. The fraction of sp³-hybridized carbons (Fsp3) is 0.400. The number of fused-ring (bicyclic) bond motifs is 2. The molecule has 1 aliphatic heterocycles. The standard InChI is InChI=1S/C15H16N2O3/c18-11-6-10(7-11)17-15-12-8-14-13(19-3-4-20-14)5-9(12)1-2-16-15/h1-2,5,8,10-11,18H,3-4,6-7H2,(H,16,17). The van der Waals surface area contributed by atoms with Crippen molar-refractivity contribution in [2.45, 2.75) is 25.0 Å². The number of aliphatic hydroxyl groups excluding tert-OH is 1. The van der Waals surface area contributed by atoms with Crippen LogP contribution >= 0.6 is 0 Å². The molecule has 2 aliphatic rings. The molecule has 4 rings (SSSR count). The van der Waals surface area contributed by atoms with E-state index >= 15 is 0 Å². The van der Waals surface area contributed by atoms with Crippen molar-refractivity contribution in [1.29, 1.82) is 0 Å². The van der Waals surface area contributed by atoms with Gasteiger partial charge < -0.3 is 19.9 Å². The lowest BCUT2D eigenvalue weighted by atomic mass is 9.89. The van der Waals surface area contributed by atoms with E-state index in [0.717, 1.165) is 40.9 Å². The second-order valence-corrected chi connectivity index (χ2v) is 5.34. The maximum absolute atomic E-state index is 9.37. The van der Waals surface area contributed by atoms with Crippen molar-refractivity contribution < 1.29 is 14.6 Å². The minimum absolute atomic E-state index is 0.174. The Balaban J connectivity index is 1.73. The minimum atomic E-state index is -0.174. The summed E-state index contributed by atoms with van der Waals surface area (Å²) in [6.07, 6.45) is 3.17. The highest BCUT2D eigenvalue weighted by molar-refractivity contribution is 5.94. The molecule has 1 saturated carbocycles. The van der Waals surface area contributed by atoms with Crippen LogP contribution in [0.15, 0.2) is 24.4 Å². The number of aromatic nitrogens is 1. The third kappa shape index (κ3) is 1.94. The van der Waals surface area contributed by atoms with Crippen molar-refractivity contribution in [1.82, 2.24) is 4.98 Å². The second-order valence-electron chi connectivity index (χ2n) is 5.34. The molecule has 0 atom stereocenters. The van der Waals surface area contributed by atoms with Crippen LogP contribution in [-0.2, 0) is 0 Å². The van der Waals surface area contributed by atoms with Crippen LogP contribution in [0.2, 0.25) is 0 Å². The maximum Gasteiger partial charge on any atom is 0.162 e. The van der Waals surface area contributed by atoms with Crippen LogP contribution in [0.3, 0.4) is 0 Å². The summed E-state index contributed by atoms with van der Waals surface area (Å²) in [6.45, 7) is 1.17. The van der Waals surface area contributed by atoms with Crippen LogP contribution in [0.25, 0.3) is 10.8 Å². The number of pyridine rings is 1. The number of aliphatic hydroxyl groups is 1. The van der Waals surface area contributed by atoms with Gasteiger partial charge in [-0.1, -0.05) is 0 Å². The van der Waals surface area contributed by atoms with Crippen LogP contribution in [0, 0.1) is 0 Å². The lowest BCUT2D eigenvalue weighted by molar-refractivity contribution is 0.0836. The van der Waals surface area contributed by atoms with Crippen LogP contribution in [0.5, 0.6) is 11.5 Å². The van der Waals surface area contributed by atoms with E-state index < -0.39 is 0 Å². The number of rotatable bonds is 2. The molecule has 5 nitrogen and oxygen atoms in total. The number of ether oxygens (including phenoxy) is 2. The molecular weight excluding hydrogens is 256 g/mol. The Labute approximate surface area is 116 Å². The molecule has 2 N–H and O–H groups in total. The SMILES string of the molecule is OC1CC(Nc2nccc3cc4c(cc23)OCCO4)C1. The van der Waals surface area contributed by atoms with Crippen LogP contribution in [-0.4, -0.2) is 35.5 Å². The van der Waals surface area contributed by atoms with E-state index in [9.17, 15) is 5.11 Å². The summed E-state index contributed by atoms with van der Waals surface area (Å²) in [5, 5.41) is 14.9. The lowest BCUT2D eigenvalue weighted by Crippen LogP contribution is -2.39.